The van der Waals surface area contributed by atoms with Gasteiger partial charge in [0.15, 0.2) is 5.82 Å². The molecule has 110 valence electrons. The molecule has 0 spiro atoms. The van der Waals surface area contributed by atoms with Crippen LogP contribution in [0.2, 0.25) is 0 Å². The second-order valence-corrected chi connectivity index (χ2v) is 4.87. The number of aryl methyl sites for hydroxylation is 1. The minimum Gasteiger partial charge on any atom is -0.364 e. The summed E-state index contributed by atoms with van der Waals surface area (Å²) in [4.78, 5) is 8.47. The number of rotatable bonds is 5. The number of nitrogens with zero attached hydrogens (tertiary/aromatic N) is 4. The monoisotopic (exact) mass is 292 g/mol. The Hall–Kier alpha value is -3.02. The molecule has 2 N–H and O–H groups in total. The van der Waals surface area contributed by atoms with E-state index in [9.17, 15) is 0 Å². The predicted octanol–water partition coefficient (Wildman–Crippen LogP) is 2.93. The Labute approximate surface area is 128 Å². The molecule has 6 nitrogen and oxygen atoms in total. The Morgan fingerprint density at radius 3 is 2.68 bits per heavy atom. The Balaban J connectivity index is 1.66. The van der Waals surface area contributed by atoms with Crippen LogP contribution in [-0.2, 0) is 6.54 Å². The van der Waals surface area contributed by atoms with Gasteiger partial charge in [0.1, 0.15) is 0 Å². The second kappa shape index (κ2) is 6.62. The molecule has 0 radical (unpaired) electrons. The van der Waals surface area contributed by atoms with Crippen LogP contribution in [0.3, 0.4) is 0 Å². The lowest BCUT2D eigenvalue weighted by Gasteiger charge is -2.07. The number of benzene rings is 1. The molecule has 22 heavy (non-hydrogen) atoms. The minimum absolute atomic E-state index is 0.458. The van der Waals surface area contributed by atoms with Crippen molar-refractivity contribution in [2.75, 3.05) is 10.6 Å². The van der Waals surface area contributed by atoms with Crippen LogP contribution >= 0.6 is 0 Å². The summed E-state index contributed by atoms with van der Waals surface area (Å²) in [6.07, 6.45) is 5.16. The standard InChI is InChI=1S/C16H16N6/c1-12-4-6-14(7-5-12)20-16-21-15(11-19-22-16)18-10-13-3-2-8-17-9-13/h2-9,11H,10H2,1H3,(H2,18,20,21,22). The van der Waals surface area contributed by atoms with Crippen LogP contribution in [0.4, 0.5) is 17.5 Å². The van der Waals surface area contributed by atoms with Crippen molar-refractivity contribution in [2.45, 2.75) is 13.5 Å². The Kier molecular flexibility index (Phi) is 4.20. The first kappa shape index (κ1) is 13.9. The first-order valence-corrected chi connectivity index (χ1v) is 6.96. The maximum Gasteiger partial charge on any atom is 0.249 e. The molecule has 0 aliphatic rings. The van der Waals surface area contributed by atoms with E-state index < -0.39 is 0 Å². The lowest BCUT2D eigenvalue weighted by Crippen LogP contribution is -2.05. The summed E-state index contributed by atoms with van der Waals surface area (Å²) >= 11 is 0. The van der Waals surface area contributed by atoms with Crippen molar-refractivity contribution in [1.82, 2.24) is 20.2 Å². The zero-order chi connectivity index (χ0) is 15.2. The highest BCUT2D eigenvalue weighted by Crippen LogP contribution is 2.14. The van der Waals surface area contributed by atoms with Gasteiger partial charge in [-0.2, -0.15) is 10.1 Å². The normalized spacial score (nSPS) is 10.2. The van der Waals surface area contributed by atoms with E-state index >= 15 is 0 Å². The smallest absolute Gasteiger partial charge is 0.249 e. The molecule has 0 saturated carbocycles. The first-order valence-electron chi connectivity index (χ1n) is 6.96. The predicted molar refractivity (Wildman–Crippen MR) is 85.9 cm³/mol. The molecular formula is C16H16N6. The summed E-state index contributed by atoms with van der Waals surface area (Å²) in [5.41, 5.74) is 3.21. The molecule has 0 bridgehead atoms. The topological polar surface area (TPSA) is 75.6 Å². The molecule has 2 heterocycles. The van der Waals surface area contributed by atoms with Gasteiger partial charge in [-0.05, 0) is 30.7 Å². The number of hydrogen-bond donors (Lipinski definition) is 2. The number of aromatic nitrogens is 4. The minimum atomic E-state index is 0.458. The van der Waals surface area contributed by atoms with E-state index in [-0.39, 0.29) is 0 Å². The number of hydrogen-bond acceptors (Lipinski definition) is 6. The summed E-state index contributed by atoms with van der Waals surface area (Å²) in [6, 6.07) is 11.9. The first-order chi connectivity index (χ1) is 10.8. The molecule has 0 saturated heterocycles. The molecule has 0 fully saturated rings. The third kappa shape index (κ3) is 3.76. The molecule has 6 heteroatoms. The SMILES string of the molecule is Cc1ccc(Nc2nncc(NCc3cccnc3)n2)cc1. The molecular weight excluding hydrogens is 276 g/mol. The molecule has 0 aliphatic carbocycles. The van der Waals surface area contributed by atoms with E-state index in [1.165, 1.54) is 5.56 Å². The van der Waals surface area contributed by atoms with Crippen LogP contribution in [0, 0.1) is 6.92 Å². The highest BCUT2D eigenvalue weighted by atomic mass is 15.3. The fourth-order valence-electron chi connectivity index (χ4n) is 1.90. The van der Waals surface area contributed by atoms with E-state index in [0.29, 0.717) is 18.3 Å². The quantitative estimate of drug-likeness (QED) is 0.753. The van der Waals surface area contributed by atoms with Gasteiger partial charge in [-0.15, -0.1) is 5.10 Å². The zero-order valence-electron chi connectivity index (χ0n) is 12.2. The van der Waals surface area contributed by atoms with Crippen LogP contribution in [0.5, 0.6) is 0 Å². The highest BCUT2D eigenvalue weighted by molar-refractivity contribution is 5.54. The average molecular weight is 292 g/mol. The van der Waals surface area contributed by atoms with Crippen LogP contribution < -0.4 is 10.6 Å². The fraction of sp³-hybridized carbons (Fsp3) is 0.125. The van der Waals surface area contributed by atoms with Crippen molar-refractivity contribution in [3.63, 3.8) is 0 Å². The molecule has 1 aromatic carbocycles. The summed E-state index contributed by atoms with van der Waals surface area (Å²) in [5.74, 6) is 1.12. The second-order valence-electron chi connectivity index (χ2n) is 4.87. The number of pyridine rings is 1. The summed E-state index contributed by atoms with van der Waals surface area (Å²) in [7, 11) is 0. The van der Waals surface area contributed by atoms with Gasteiger partial charge < -0.3 is 10.6 Å². The van der Waals surface area contributed by atoms with Gasteiger partial charge in [0.25, 0.3) is 0 Å². The van der Waals surface area contributed by atoms with Gasteiger partial charge in [0, 0.05) is 24.6 Å². The summed E-state index contributed by atoms with van der Waals surface area (Å²) in [5, 5.41) is 14.3. The van der Waals surface area contributed by atoms with Crippen LogP contribution in [0.1, 0.15) is 11.1 Å². The van der Waals surface area contributed by atoms with Crippen LogP contribution in [0.25, 0.3) is 0 Å². The lowest BCUT2D eigenvalue weighted by atomic mass is 10.2. The largest absolute Gasteiger partial charge is 0.364 e. The van der Waals surface area contributed by atoms with Gasteiger partial charge in [0.2, 0.25) is 5.95 Å². The third-order valence-corrected chi connectivity index (χ3v) is 3.06. The zero-order valence-corrected chi connectivity index (χ0v) is 12.2. The summed E-state index contributed by atoms with van der Waals surface area (Å²) < 4.78 is 0. The molecule has 3 aromatic rings. The van der Waals surface area contributed by atoms with Crippen LogP contribution in [-0.4, -0.2) is 20.2 Å². The molecule has 0 amide bonds. The lowest BCUT2D eigenvalue weighted by molar-refractivity contribution is 0.964. The van der Waals surface area contributed by atoms with Crippen molar-refractivity contribution in [1.29, 1.82) is 0 Å². The maximum absolute atomic E-state index is 4.39. The van der Waals surface area contributed by atoms with E-state index in [2.05, 4.69) is 30.8 Å². The van der Waals surface area contributed by atoms with E-state index in [4.69, 9.17) is 0 Å². The van der Waals surface area contributed by atoms with Gasteiger partial charge in [0.05, 0.1) is 6.20 Å². The van der Waals surface area contributed by atoms with Gasteiger partial charge in [-0.25, -0.2) is 0 Å². The third-order valence-electron chi connectivity index (χ3n) is 3.06. The molecule has 2 aromatic heterocycles. The van der Waals surface area contributed by atoms with Crippen molar-refractivity contribution in [3.05, 3.63) is 66.1 Å². The number of anilines is 3. The Morgan fingerprint density at radius 1 is 1.05 bits per heavy atom. The van der Waals surface area contributed by atoms with Gasteiger partial charge >= 0.3 is 0 Å². The average Bonchev–Trinajstić information content (AvgIpc) is 2.57. The molecule has 0 aliphatic heterocycles. The van der Waals surface area contributed by atoms with Gasteiger partial charge in [-0.1, -0.05) is 23.8 Å². The van der Waals surface area contributed by atoms with E-state index in [1.807, 2.05) is 49.5 Å². The molecule has 0 unspecified atom stereocenters. The molecule has 0 atom stereocenters. The Morgan fingerprint density at radius 2 is 1.91 bits per heavy atom. The fourth-order valence-corrected chi connectivity index (χ4v) is 1.90. The number of nitrogens with one attached hydrogen (secondary N) is 2. The Bertz CT molecular complexity index is 727. The summed E-state index contributed by atoms with van der Waals surface area (Å²) in [6.45, 7) is 2.68. The van der Waals surface area contributed by atoms with Crippen molar-refractivity contribution < 1.29 is 0 Å². The van der Waals surface area contributed by atoms with E-state index in [1.54, 1.807) is 12.4 Å². The molecule has 3 rings (SSSR count). The van der Waals surface area contributed by atoms with Crippen molar-refractivity contribution in [3.8, 4) is 0 Å². The van der Waals surface area contributed by atoms with Crippen molar-refractivity contribution >= 4 is 17.5 Å². The highest BCUT2D eigenvalue weighted by Gasteiger charge is 2.01. The van der Waals surface area contributed by atoms with Crippen molar-refractivity contribution in [2.24, 2.45) is 0 Å². The maximum atomic E-state index is 4.39. The van der Waals surface area contributed by atoms with Gasteiger partial charge in [-0.3, -0.25) is 4.98 Å². The van der Waals surface area contributed by atoms with E-state index in [0.717, 1.165) is 11.3 Å². The van der Waals surface area contributed by atoms with Crippen LogP contribution in [0.15, 0.2) is 55.0 Å².